The van der Waals surface area contributed by atoms with Gasteiger partial charge in [0.2, 0.25) is 5.13 Å². The van der Waals surface area contributed by atoms with Gasteiger partial charge in [0.25, 0.3) is 5.91 Å². The van der Waals surface area contributed by atoms with Crippen molar-refractivity contribution in [3.63, 3.8) is 0 Å². The number of nitrogens with two attached hydrogens (primary N) is 1. The molecule has 1 amide bonds. The fourth-order valence-electron chi connectivity index (χ4n) is 1.74. The average molecular weight is 291 g/mol. The summed E-state index contributed by atoms with van der Waals surface area (Å²) in [5.41, 5.74) is 7.63. The van der Waals surface area contributed by atoms with Crippen LogP contribution in [0.2, 0.25) is 0 Å². The lowest BCUT2D eigenvalue weighted by molar-refractivity contribution is 0.102. The summed E-state index contributed by atoms with van der Waals surface area (Å²) in [6, 6.07) is 5.25. The molecule has 7 heteroatoms. The molecule has 0 atom stereocenters. The van der Waals surface area contributed by atoms with Gasteiger partial charge >= 0.3 is 0 Å². The molecule has 0 aliphatic rings. The van der Waals surface area contributed by atoms with Gasteiger partial charge in [0.05, 0.1) is 5.56 Å². The van der Waals surface area contributed by atoms with Gasteiger partial charge in [0.1, 0.15) is 5.01 Å². The van der Waals surface area contributed by atoms with E-state index in [1.165, 1.54) is 11.3 Å². The predicted molar refractivity (Wildman–Crippen MR) is 82.4 cm³/mol. The van der Waals surface area contributed by atoms with Crippen LogP contribution in [-0.4, -0.2) is 30.2 Å². The number of benzene rings is 1. The Labute approximate surface area is 121 Å². The molecule has 0 spiro atoms. The number of carbonyl (C=O) groups excluding carboxylic acids is 1. The van der Waals surface area contributed by atoms with Crippen molar-refractivity contribution in [3.8, 4) is 0 Å². The number of hydrogen-bond donors (Lipinski definition) is 2. The molecule has 1 aromatic heterocycles. The van der Waals surface area contributed by atoms with Gasteiger partial charge in [-0.2, -0.15) is 0 Å². The standard InChI is InChI=1S/C13H17N5OS/c1-4-11-16-17-13(20-11)15-12(19)9-7-8(14)5-6-10(9)18(2)3/h5-7H,4,14H2,1-3H3,(H,15,17,19). The number of nitrogens with zero attached hydrogens (tertiary/aromatic N) is 3. The Morgan fingerprint density at radius 2 is 2.15 bits per heavy atom. The quantitative estimate of drug-likeness (QED) is 0.842. The Bertz CT molecular complexity index is 623. The average Bonchev–Trinajstić information content (AvgIpc) is 2.85. The third-order valence-corrected chi connectivity index (χ3v) is 3.72. The number of carbonyl (C=O) groups is 1. The first kappa shape index (κ1) is 14.3. The van der Waals surface area contributed by atoms with E-state index in [-0.39, 0.29) is 5.91 Å². The molecule has 20 heavy (non-hydrogen) atoms. The fourth-order valence-corrected chi connectivity index (χ4v) is 2.41. The van der Waals surface area contributed by atoms with Gasteiger partial charge in [-0.25, -0.2) is 0 Å². The van der Waals surface area contributed by atoms with Crippen LogP contribution in [0.1, 0.15) is 22.3 Å². The molecule has 0 aliphatic heterocycles. The van der Waals surface area contributed by atoms with Gasteiger partial charge < -0.3 is 10.6 Å². The number of rotatable bonds is 4. The molecule has 0 saturated heterocycles. The Hall–Kier alpha value is -2.15. The maximum absolute atomic E-state index is 12.3. The van der Waals surface area contributed by atoms with Gasteiger partial charge in [-0.05, 0) is 24.6 Å². The first-order valence-corrected chi connectivity index (χ1v) is 7.03. The van der Waals surface area contributed by atoms with Gasteiger partial charge in [0.15, 0.2) is 0 Å². The topological polar surface area (TPSA) is 84.1 Å². The van der Waals surface area contributed by atoms with Gasteiger partial charge in [0, 0.05) is 25.5 Å². The van der Waals surface area contributed by atoms with E-state index in [2.05, 4.69) is 15.5 Å². The van der Waals surface area contributed by atoms with Crippen molar-refractivity contribution in [1.29, 1.82) is 0 Å². The Kier molecular flexibility index (Phi) is 4.19. The van der Waals surface area contributed by atoms with Crippen molar-refractivity contribution in [2.45, 2.75) is 13.3 Å². The molecular formula is C13H17N5OS. The van der Waals surface area contributed by atoms with Gasteiger partial charge in [-0.1, -0.05) is 18.3 Å². The van der Waals surface area contributed by atoms with Crippen molar-refractivity contribution < 1.29 is 4.79 Å². The molecule has 1 heterocycles. The van der Waals surface area contributed by atoms with E-state index in [0.29, 0.717) is 16.4 Å². The molecule has 0 bridgehead atoms. The van der Waals surface area contributed by atoms with Crippen molar-refractivity contribution in [3.05, 3.63) is 28.8 Å². The zero-order chi connectivity index (χ0) is 14.7. The van der Waals surface area contributed by atoms with E-state index in [0.717, 1.165) is 17.1 Å². The van der Waals surface area contributed by atoms with E-state index in [1.807, 2.05) is 32.0 Å². The number of nitrogens with one attached hydrogen (secondary N) is 1. The highest BCUT2D eigenvalue weighted by atomic mass is 32.1. The van der Waals surface area contributed by atoms with Crippen molar-refractivity contribution in [2.24, 2.45) is 0 Å². The van der Waals surface area contributed by atoms with Crippen LogP contribution < -0.4 is 16.0 Å². The van der Waals surface area contributed by atoms with Crippen LogP contribution in [0.5, 0.6) is 0 Å². The summed E-state index contributed by atoms with van der Waals surface area (Å²) in [4.78, 5) is 14.2. The minimum atomic E-state index is -0.236. The second kappa shape index (κ2) is 5.87. The summed E-state index contributed by atoms with van der Waals surface area (Å²) in [6.45, 7) is 1.99. The predicted octanol–water partition coefficient (Wildman–Crippen LogP) is 2.00. The molecule has 106 valence electrons. The van der Waals surface area contributed by atoms with Crippen molar-refractivity contribution in [2.75, 3.05) is 30.0 Å². The molecule has 0 radical (unpaired) electrons. The van der Waals surface area contributed by atoms with Crippen LogP contribution in [0.3, 0.4) is 0 Å². The molecule has 6 nitrogen and oxygen atoms in total. The normalized spacial score (nSPS) is 10.3. The van der Waals surface area contributed by atoms with Crippen LogP contribution in [-0.2, 0) is 6.42 Å². The monoisotopic (exact) mass is 291 g/mol. The van der Waals surface area contributed by atoms with E-state index in [9.17, 15) is 4.79 Å². The van der Waals surface area contributed by atoms with Crippen molar-refractivity contribution >= 4 is 33.8 Å². The van der Waals surface area contributed by atoms with Crippen LogP contribution in [0.4, 0.5) is 16.5 Å². The highest BCUT2D eigenvalue weighted by molar-refractivity contribution is 7.15. The van der Waals surface area contributed by atoms with Gasteiger partial charge in [-0.3, -0.25) is 10.1 Å². The zero-order valence-corrected chi connectivity index (χ0v) is 12.5. The van der Waals surface area contributed by atoms with E-state index in [1.54, 1.807) is 12.1 Å². The Morgan fingerprint density at radius 1 is 1.40 bits per heavy atom. The van der Waals surface area contributed by atoms with Crippen LogP contribution >= 0.6 is 11.3 Å². The molecule has 3 N–H and O–H groups in total. The highest BCUT2D eigenvalue weighted by Crippen LogP contribution is 2.23. The SMILES string of the molecule is CCc1nnc(NC(=O)c2cc(N)ccc2N(C)C)s1. The molecule has 2 aromatic rings. The number of anilines is 3. The minimum Gasteiger partial charge on any atom is -0.399 e. The molecule has 0 fully saturated rings. The minimum absolute atomic E-state index is 0.236. The maximum Gasteiger partial charge on any atom is 0.259 e. The third kappa shape index (κ3) is 3.05. The maximum atomic E-state index is 12.3. The lowest BCUT2D eigenvalue weighted by atomic mass is 10.1. The number of aryl methyl sites for hydroxylation is 1. The summed E-state index contributed by atoms with van der Waals surface area (Å²) in [6.07, 6.45) is 0.800. The summed E-state index contributed by atoms with van der Waals surface area (Å²) in [5, 5.41) is 12.1. The zero-order valence-electron chi connectivity index (χ0n) is 11.7. The number of hydrogen-bond acceptors (Lipinski definition) is 6. The summed E-state index contributed by atoms with van der Waals surface area (Å²) < 4.78 is 0. The second-order valence-electron chi connectivity index (χ2n) is 4.48. The lowest BCUT2D eigenvalue weighted by Crippen LogP contribution is -2.18. The largest absolute Gasteiger partial charge is 0.399 e. The van der Waals surface area contributed by atoms with Crippen molar-refractivity contribution in [1.82, 2.24) is 10.2 Å². The number of amides is 1. The second-order valence-corrected chi connectivity index (χ2v) is 5.54. The molecule has 1 aromatic carbocycles. The van der Waals surface area contributed by atoms with Crippen LogP contribution in [0.15, 0.2) is 18.2 Å². The molecule has 0 unspecified atom stereocenters. The van der Waals surface area contributed by atoms with Gasteiger partial charge in [-0.15, -0.1) is 10.2 Å². The summed E-state index contributed by atoms with van der Waals surface area (Å²) in [5.74, 6) is -0.236. The third-order valence-electron chi connectivity index (χ3n) is 2.74. The number of nitrogen functional groups attached to an aromatic ring is 1. The molecule has 0 aliphatic carbocycles. The van der Waals surface area contributed by atoms with E-state index < -0.39 is 0 Å². The summed E-state index contributed by atoms with van der Waals surface area (Å²) >= 11 is 1.38. The van der Waals surface area contributed by atoms with Crippen LogP contribution in [0.25, 0.3) is 0 Å². The Balaban J connectivity index is 2.26. The van der Waals surface area contributed by atoms with E-state index in [4.69, 9.17) is 5.73 Å². The number of aromatic nitrogens is 2. The fraction of sp³-hybridized carbons (Fsp3) is 0.308. The molecule has 0 saturated carbocycles. The Morgan fingerprint density at radius 3 is 2.75 bits per heavy atom. The molecule has 2 rings (SSSR count). The molecular weight excluding hydrogens is 274 g/mol. The smallest absolute Gasteiger partial charge is 0.259 e. The van der Waals surface area contributed by atoms with Crippen LogP contribution in [0, 0.1) is 0 Å². The first-order valence-electron chi connectivity index (χ1n) is 6.21. The highest BCUT2D eigenvalue weighted by Gasteiger charge is 2.15. The summed E-state index contributed by atoms with van der Waals surface area (Å²) in [7, 11) is 3.75. The first-order chi connectivity index (χ1) is 9.51. The van der Waals surface area contributed by atoms with E-state index >= 15 is 0 Å². The lowest BCUT2D eigenvalue weighted by Gasteiger charge is -2.17.